The van der Waals surface area contributed by atoms with Crippen LogP contribution in [0.1, 0.15) is 174 Å². The third-order valence-corrected chi connectivity index (χ3v) is 9.43. The van der Waals surface area contributed by atoms with Crippen LogP contribution >= 0.6 is 0 Å². The first kappa shape index (κ1) is 46.0. The van der Waals surface area contributed by atoms with Gasteiger partial charge in [0, 0.05) is 13.0 Å². The lowest BCUT2D eigenvalue weighted by Gasteiger charge is -2.39. The Morgan fingerprint density at radius 3 is 1.65 bits per heavy atom. The van der Waals surface area contributed by atoms with Gasteiger partial charge in [-0.3, -0.25) is 4.79 Å². The van der Waals surface area contributed by atoms with Gasteiger partial charge in [0.15, 0.2) is 6.29 Å². The predicted molar refractivity (Wildman–Crippen MR) is 196 cm³/mol. The SMILES string of the molecule is CCCCCCCC/C=C\CCCCCCCCOCC(COC1OC(CO)C(O)C(O)C1O)OC(=O)CCCCCCCCCCCC. The molecule has 1 aliphatic rings. The zero-order chi connectivity index (χ0) is 35.8. The van der Waals surface area contributed by atoms with E-state index in [4.69, 9.17) is 18.9 Å². The number of aliphatic hydroxyl groups excluding tert-OH is 4. The first-order valence-electron chi connectivity index (χ1n) is 20.3. The zero-order valence-electron chi connectivity index (χ0n) is 31.5. The van der Waals surface area contributed by atoms with Crippen molar-refractivity contribution >= 4 is 5.97 Å². The van der Waals surface area contributed by atoms with Crippen LogP contribution in [0.2, 0.25) is 0 Å². The van der Waals surface area contributed by atoms with Gasteiger partial charge in [-0.25, -0.2) is 0 Å². The summed E-state index contributed by atoms with van der Waals surface area (Å²) in [6, 6.07) is 0. The van der Waals surface area contributed by atoms with Gasteiger partial charge < -0.3 is 39.4 Å². The maximum Gasteiger partial charge on any atom is 0.306 e. The average Bonchev–Trinajstić information content (AvgIpc) is 3.10. The monoisotopic (exact) mass is 701 g/mol. The van der Waals surface area contributed by atoms with Gasteiger partial charge in [0.25, 0.3) is 0 Å². The van der Waals surface area contributed by atoms with Gasteiger partial charge in [0.1, 0.15) is 30.5 Å². The van der Waals surface area contributed by atoms with E-state index < -0.39 is 43.4 Å². The summed E-state index contributed by atoms with van der Waals surface area (Å²) >= 11 is 0. The second-order valence-corrected chi connectivity index (χ2v) is 14.1. The van der Waals surface area contributed by atoms with Crippen molar-refractivity contribution in [3.8, 4) is 0 Å². The number of hydrogen-bond acceptors (Lipinski definition) is 9. The first-order valence-corrected chi connectivity index (χ1v) is 20.3. The lowest BCUT2D eigenvalue weighted by atomic mass is 9.99. The van der Waals surface area contributed by atoms with Crippen LogP contribution in [0.5, 0.6) is 0 Å². The predicted octanol–water partition coefficient (Wildman–Crippen LogP) is 8.08. The van der Waals surface area contributed by atoms with Crippen LogP contribution in [0.15, 0.2) is 12.2 Å². The number of rotatable bonds is 34. The van der Waals surface area contributed by atoms with Crippen molar-refractivity contribution in [3.63, 3.8) is 0 Å². The van der Waals surface area contributed by atoms with Crippen LogP contribution in [-0.4, -0.2) is 89.6 Å². The molecule has 1 saturated heterocycles. The number of hydrogen-bond donors (Lipinski definition) is 4. The van der Waals surface area contributed by atoms with E-state index in [0.717, 1.165) is 32.1 Å². The van der Waals surface area contributed by atoms with E-state index >= 15 is 0 Å². The highest BCUT2D eigenvalue weighted by atomic mass is 16.7. The lowest BCUT2D eigenvalue weighted by Crippen LogP contribution is -2.59. The summed E-state index contributed by atoms with van der Waals surface area (Å²) in [6.45, 7) is 4.53. The van der Waals surface area contributed by atoms with Gasteiger partial charge in [0.05, 0.1) is 19.8 Å². The average molecular weight is 701 g/mol. The van der Waals surface area contributed by atoms with Crippen LogP contribution in [0, 0.1) is 0 Å². The highest BCUT2D eigenvalue weighted by molar-refractivity contribution is 5.69. The minimum Gasteiger partial charge on any atom is -0.457 e. The molecule has 0 saturated carbocycles. The van der Waals surface area contributed by atoms with Gasteiger partial charge in [-0.2, -0.15) is 0 Å². The lowest BCUT2D eigenvalue weighted by molar-refractivity contribution is -0.305. The summed E-state index contributed by atoms with van der Waals surface area (Å²) < 4.78 is 22.7. The van der Waals surface area contributed by atoms with Gasteiger partial charge in [-0.05, 0) is 38.5 Å². The summed E-state index contributed by atoms with van der Waals surface area (Å²) in [7, 11) is 0. The van der Waals surface area contributed by atoms with Crippen molar-refractivity contribution < 1.29 is 44.2 Å². The number of esters is 1. The molecule has 0 radical (unpaired) electrons. The van der Waals surface area contributed by atoms with Crippen LogP contribution in [0.25, 0.3) is 0 Å². The molecule has 0 bridgehead atoms. The highest BCUT2D eigenvalue weighted by Crippen LogP contribution is 2.22. The summed E-state index contributed by atoms with van der Waals surface area (Å²) in [5, 5.41) is 39.9. The quantitative estimate of drug-likeness (QED) is 0.0299. The van der Waals surface area contributed by atoms with Gasteiger partial charge in [0.2, 0.25) is 0 Å². The van der Waals surface area contributed by atoms with Crippen LogP contribution in [0.3, 0.4) is 0 Å². The first-order chi connectivity index (χ1) is 23.9. The highest BCUT2D eigenvalue weighted by Gasteiger charge is 2.44. The molecule has 9 heteroatoms. The summed E-state index contributed by atoms with van der Waals surface area (Å²) in [5.74, 6) is -0.317. The fourth-order valence-corrected chi connectivity index (χ4v) is 6.19. The molecule has 6 unspecified atom stereocenters. The number of allylic oxidation sites excluding steroid dienone is 2. The molecule has 0 amide bonds. The molecular formula is C40H76O9. The number of unbranched alkanes of at least 4 members (excludes halogenated alkanes) is 21. The maximum atomic E-state index is 12.7. The van der Waals surface area contributed by atoms with E-state index in [2.05, 4.69) is 26.0 Å². The van der Waals surface area contributed by atoms with E-state index in [1.54, 1.807) is 0 Å². The molecule has 0 spiro atoms. The standard InChI is InChI=1S/C40H76O9/c1-3-5-7-9-11-13-15-16-17-18-19-20-22-24-26-28-30-46-32-34(33-47-40-39(45)38(44)37(43)35(31-41)49-40)48-36(42)29-27-25-23-21-14-12-10-8-6-4-2/h16-17,34-35,37-41,43-45H,3-15,18-33H2,1-2H3/b17-16-. The van der Waals surface area contributed by atoms with E-state index in [-0.39, 0.29) is 19.2 Å². The van der Waals surface area contributed by atoms with E-state index in [1.165, 1.54) is 122 Å². The third-order valence-electron chi connectivity index (χ3n) is 9.43. The molecule has 290 valence electrons. The molecule has 0 aromatic carbocycles. The van der Waals surface area contributed by atoms with Crippen LogP contribution in [0.4, 0.5) is 0 Å². The normalized spacial score (nSPS) is 21.8. The molecular weight excluding hydrogens is 624 g/mol. The Kier molecular flexibility index (Phi) is 30.8. The Labute approximate surface area is 299 Å². The van der Waals surface area contributed by atoms with Crippen molar-refractivity contribution in [2.24, 2.45) is 0 Å². The topological polar surface area (TPSA) is 135 Å². The Bertz CT molecular complexity index is 762. The second-order valence-electron chi connectivity index (χ2n) is 14.1. The number of ether oxygens (including phenoxy) is 4. The Balaban J connectivity index is 2.29. The minimum absolute atomic E-state index is 0.111. The molecule has 1 fully saturated rings. The zero-order valence-corrected chi connectivity index (χ0v) is 31.5. The number of carbonyl (C=O) groups excluding carboxylic acids is 1. The molecule has 49 heavy (non-hydrogen) atoms. The smallest absolute Gasteiger partial charge is 0.306 e. The maximum absolute atomic E-state index is 12.7. The van der Waals surface area contributed by atoms with Crippen molar-refractivity contribution in [1.82, 2.24) is 0 Å². The number of carbonyl (C=O) groups is 1. The molecule has 4 N–H and O–H groups in total. The van der Waals surface area contributed by atoms with Crippen molar-refractivity contribution in [1.29, 1.82) is 0 Å². The molecule has 9 nitrogen and oxygen atoms in total. The molecule has 6 atom stereocenters. The molecule has 0 aliphatic carbocycles. The second kappa shape index (κ2) is 32.8. The largest absolute Gasteiger partial charge is 0.457 e. The Morgan fingerprint density at radius 2 is 1.12 bits per heavy atom. The number of aliphatic hydroxyl groups is 4. The van der Waals surface area contributed by atoms with Gasteiger partial charge in [-0.15, -0.1) is 0 Å². The van der Waals surface area contributed by atoms with E-state index in [0.29, 0.717) is 13.0 Å². The van der Waals surface area contributed by atoms with Gasteiger partial charge >= 0.3 is 5.97 Å². The fraction of sp³-hybridized carbons (Fsp3) is 0.925. The minimum atomic E-state index is -1.53. The third kappa shape index (κ3) is 24.7. The summed E-state index contributed by atoms with van der Waals surface area (Å²) in [4.78, 5) is 12.7. The molecule has 0 aromatic rings. The Morgan fingerprint density at radius 1 is 0.633 bits per heavy atom. The van der Waals surface area contributed by atoms with Crippen molar-refractivity contribution in [2.45, 2.75) is 211 Å². The molecule has 1 rings (SSSR count). The van der Waals surface area contributed by atoms with E-state index in [1.807, 2.05) is 0 Å². The van der Waals surface area contributed by atoms with Crippen LogP contribution in [-0.2, 0) is 23.7 Å². The van der Waals surface area contributed by atoms with Gasteiger partial charge in [-0.1, -0.05) is 142 Å². The fourth-order valence-electron chi connectivity index (χ4n) is 6.19. The van der Waals surface area contributed by atoms with E-state index in [9.17, 15) is 25.2 Å². The summed E-state index contributed by atoms with van der Waals surface area (Å²) in [6.07, 6.45) is 26.6. The summed E-state index contributed by atoms with van der Waals surface area (Å²) in [5.41, 5.74) is 0. The Hall–Kier alpha value is -1.07. The van der Waals surface area contributed by atoms with Crippen molar-refractivity contribution in [3.05, 3.63) is 12.2 Å². The molecule has 0 aromatic heterocycles. The van der Waals surface area contributed by atoms with Crippen molar-refractivity contribution in [2.75, 3.05) is 26.4 Å². The van der Waals surface area contributed by atoms with Crippen LogP contribution < -0.4 is 0 Å². The molecule has 1 heterocycles. The molecule has 1 aliphatic heterocycles.